The molecule has 8 heteroatoms. The van der Waals surface area contributed by atoms with Gasteiger partial charge in [0.1, 0.15) is 17.3 Å². The second-order valence-electron chi connectivity index (χ2n) is 4.08. The molecular weight excluding hydrogens is 291 g/mol. The maximum atomic E-state index is 12.0. The molecule has 20 heavy (non-hydrogen) atoms. The van der Waals surface area contributed by atoms with Crippen LogP contribution >= 0.6 is 11.3 Å². The van der Waals surface area contributed by atoms with Gasteiger partial charge in [-0.25, -0.2) is 9.97 Å². The molecule has 2 aromatic heterocycles. The van der Waals surface area contributed by atoms with Gasteiger partial charge in [-0.15, -0.1) is 11.3 Å². The summed E-state index contributed by atoms with van der Waals surface area (Å²) in [6.45, 7) is 2.24. The Bertz CT molecular complexity index is 571. The van der Waals surface area contributed by atoms with Crippen LogP contribution in [-0.2, 0) is 11.3 Å². The predicted molar refractivity (Wildman–Crippen MR) is 71.9 cm³/mol. The van der Waals surface area contributed by atoms with Gasteiger partial charge >= 0.3 is 6.18 Å². The average Bonchev–Trinajstić information content (AvgIpc) is 2.82. The first-order valence-corrected chi connectivity index (χ1v) is 7.00. The van der Waals surface area contributed by atoms with E-state index in [1.54, 1.807) is 0 Å². The van der Waals surface area contributed by atoms with E-state index in [-0.39, 0.29) is 13.2 Å². The molecule has 0 saturated carbocycles. The second-order valence-corrected chi connectivity index (χ2v) is 4.97. The van der Waals surface area contributed by atoms with Crippen LogP contribution in [0.3, 0.4) is 0 Å². The number of aromatic nitrogens is 2. The van der Waals surface area contributed by atoms with E-state index in [9.17, 15) is 13.2 Å². The van der Waals surface area contributed by atoms with Crippen molar-refractivity contribution in [3.63, 3.8) is 0 Å². The molecule has 2 aromatic rings. The summed E-state index contributed by atoms with van der Waals surface area (Å²) in [5.74, 6) is 1.08. The molecule has 2 rings (SSSR count). The van der Waals surface area contributed by atoms with Crippen LogP contribution in [0.2, 0.25) is 0 Å². The standard InChI is InChI=1S/C12H14F3N3OS/c1-2-16-10-8-3-6-20-11(8)18-9(17-10)7-19-5-4-12(13,14)15/h3,6H,2,4-5,7H2,1H3,(H,16,17,18). The lowest BCUT2D eigenvalue weighted by atomic mass is 10.3. The summed E-state index contributed by atoms with van der Waals surface area (Å²) in [5, 5.41) is 5.92. The normalized spacial score (nSPS) is 12.0. The molecule has 0 fully saturated rings. The molecule has 0 spiro atoms. The molecule has 4 nitrogen and oxygen atoms in total. The van der Waals surface area contributed by atoms with Crippen molar-refractivity contribution in [3.8, 4) is 0 Å². The summed E-state index contributed by atoms with van der Waals surface area (Å²) < 4.78 is 41.0. The molecular formula is C12H14F3N3OS. The molecule has 0 unspecified atom stereocenters. The minimum Gasteiger partial charge on any atom is -0.373 e. The summed E-state index contributed by atoms with van der Waals surface area (Å²) in [4.78, 5) is 9.34. The van der Waals surface area contributed by atoms with E-state index in [2.05, 4.69) is 15.3 Å². The minimum atomic E-state index is -4.20. The van der Waals surface area contributed by atoms with Crippen molar-refractivity contribution in [1.29, 1.82) is 0 Å². The third kappa shape index (κ3) is 4.04. The van der Waals surface area contributed by atoms with E-state index in [1.165, 1.54) is 11.3 Å². The Labute approximate surface area is 118 Å². The van der Waals surface area contributed by atoms with E-state index in [0.717, 1.165) is 10.2 Å². The number of halogens is 3. The largest absolute Gasteiger partial charge is 0.391 e. The van der Waals surface area contributed by atoms with Crippen molar-refractivity contribution in [2.24, 2.45) is 0 Å². The van der Waals surface area contributed by atoms with Crippen molar-refractivity contribution in [2.45, 2.75) is 26.1 Å². The number of nitrogens with one attached hydrogen (secondary N) is 1. The first-order chi connectivity index (χ1) is 9.49. The molecule has 1 N–H and O–H groups in total. The summed E-state index contributed by atoms with van der Waals surface area (Å²) in [5.41, 5.74) is 0. The summed E-state index contributed by atoms with van der Waals surface area (Å²) >= 11 is 1.46. The van der Waals surface area contributed by atoms with Crippen LogP contribution in [0.15, 0.2) is 11.4 Å². The molecule has 2 heterocycles. The second kappa shape index (κ2) is 6.36. The summed E-state index contributed by atoms with van der Waals surface area (Å²) in [6.07, 6.45) is -5.16. The highest BCUT2D eigenvalue weighted by molar-refractivity contribution is 7.16. The number of fused-ring (bicyclic) bond motifs is 1. The zero-order chi connectivity index (χ0) is 14.6. The first-order valence-electron chi connectivity index (χ1n) is 6.12. The lowest BCUT2D eigenvalue weighted by Gasteiger charge is -2.09. The van der Waals surface area contributed by atoms with E-state index in [0.29, 0.717) is 18.2 Å². The van der Waals surface area contributed by atoms with Gasteiger partial charge in [0.05, 0.1) is 18.4 Å². The zero-order valence-electron chi connectivity index (χ0n) is 10.8. The van der Waals surface area contributed by atoms with E-state index < -0.39 is 12.6 Å². The van der Waals surface area contributed by atoms with Gasteiger partial charge in [-0.05, 0) is 18.4 Å². The van der Waals surface area contributed by atoms with E-state index in [4.69, 9.17) is 4.74 Å². The van der Waals surface area contributed by atoms with Gasteiger partial charge in [0.2, 0.25) is 0 Å². The van der Waals surface area contributed by atoms with Gasteiger partial charge in [-0.1, -0.05) is 0 Å². The fourth-order valence-electron chi connectivity index (χ4n) is 1.62. The molecule has 0 radical (unpaired) electrons. The minimum absolute atomic E-state index is 0.0255. The third-order valence-corrected chi connectivity index (χ3v) is 3.28. The summed E-state index contributed by atoms with van der Waals surface area (Å²) in [6, 6.07) is 1.91. The molecule has 0 aliphatic heterocycles. The SMILES string of the molecule is CCNc1nc(COCCC(F)(F)F)nc2sccc12. The topological polar surface area (TPSA) is 47.0 Å². The lowest BCUT2D eigenvalue weighted by molar-refractivity contribution is -0.146. The van der Waals surface area contributed by atoms with Crippen LogP contribution in [0, 0.1) is 0 Å². The Kier molecular flexibility index (Phi) is 4.77. The van der Waals surface area contributed by atoms with Crippen molar-refractivity contribution in [1.82, 2.24) is 9.97 Å². The van der Waals surface area contributed by atoms with Gasteiger partial charge in [-0.3, -0.25) is 0 Å². The Morgan fingerprint density at radius 2 is 2.15 bits per heavy atom. The molecule has 0 aromatic carbocycles. The number of anilines is 1. The molecule has 0 aliphatic carbocycles. The van der Waals surface area contributed by atoms with Gasteiger partial charge in [0.15, 0.2) is 5.82 Å². The van der Waals surface area contributed by atoms with Crippen molar-refractivity contribution in [3.05, 3.63) is 17.3 Å². The lowest BCUT2D eigenvalue weighted by Crippen LogP contribution is -2.12. The van der Waals surface area contributed by atoms with E-state index >= 15 is 0 Å². The number of ether oxygens (including phenoxy) is 1. The molecule has 0 amide bonds. The van der Waals surface area contributed by atoms with Crippen LogP contribution in [-0.4, -0.2) is 29.3 Å². The van der Waals surface area contributed by atoms with Crippen LogP contribution < -0.4 is 5.32 Å². The van der Waals surface area contributed by atoms with Crippen molar-refractivity contribution in [2.75, 3.05) is 18.5 Å². The highest BCUT2D eigenvalue weighted by Gasteiger charge is 2.26. The first kappa shape index (κ1) is 15.0. The Morgan fingerprint density at radius 3 is 2.85 bits per heavy atom. The smallest absolute Gasteiger partial charge is 0.373 e. The molecule has 110 valence electrons. The molecule has 0 bridgehead atoms. The Balaban J connectivity index is 2.02. The highest BCUT2D eigenvalue weighted by Crippen LogP contribution is 2.25. The molecule has 0 saturated heterocycles. The van der Waals surface area contributed by atoms with Crippen molar-refractivity contribution < 1.29 is 17.9 Å². The maximum Gasteiger partial charge on any atom is 0.391 e. The third-order valence-electron chi connectivity index (χ3n) is 2.48. The average molecular weight is 305 g/mol. The molecule has 0 aliphatic rings. The fourth-order valence-corrected chi connectivity index (χ4v) is 2.40. The monoisotopic (exact) mass is 305 g/mol. The van der Waals surface area contributed by atoms with Crippen molar-refractivity contribution >= 4 is 27.4 Å². The van der Waals surface area contributed by atoms with Crippen LogP contribution in [0.1, 0.15) is 19.2 Å². The quantitative estimate of drug-likeness (QED) is 0.829. The van der Waals surface area contributed by atoms with Crippen LogP contribution in [0.4, 0.5) is 19.0 Å². The fraction of sp³-hybridized carbons (Fsp3) is 0.500. The number of rotatable bonds is 6. The highest BCUT2D eigenvalue weighted by atomic mass is 32.1. The van der Waals surface area contributed by atoms with Crippen LogP contribution in [0.5, 0.6) is 0 Å². The summed E-state index contributed by atoms with van der Waals surface area (Å²) in [7, 11) is 0. The van der Waals surface area contributed by atoms with Gasteiger partial charge in [0.25, 0.3) is 0 Å². The number of hydrogen-bond acceptors (Lipinski definition) is 5. The molecule has 0 atom stereocenters. The van der Waals surface area contributed by atoms with Crippen LogP contribution in [0.25, 0.3) is 10.2 Å². The Hall–Kier alpha value is -1.41. The number of alkyl halides is 3. The van der Waals surface area contributed by atoms with Gasteiger partial charge in [0, 0.05) is 6.54 Å². The van der Waals surface area contributed by atoms with Gasteiger partial charge < -0.3 is 10.1 Å². The van der Waals surface area contributed by atoms with E-state index in [1.807, 2.05) is 18.4 Å². The number of hydrogen-bond donors (Lipinski definition) is 1. The zero-order valence-corrected chi connectivity index (χ0v) is 11.6. The maximum absolute atomic E-state index is 12.0. The predicted octanol–water partition coefficient (Wildman–Crippen LogP) is 3.59. The Morgan fingerprint density at radius 1 is 1.35 bits per heavy atom. The number of thiophene rings is 1. The van der Waals surface area contributed by atoms with Gasteiger partial charge in [-0.2, -0.15) is 13.2 Å². The number of nitrogens with zero attached hydrogens (tertiary/aromatic N) is 2.